The summed E-state index contributed by atoms with van der Waals surface area (Å²) in [7, 11) is 0. The van der Waals surface area contributed by atoms with Crippen molar-refractivity contribution in [2.24, 2.45) is 0 Å². The number of aryl methyl sites for hydroxylation is 1. The predicted octanol–water partition coefficient (Wildman–Crippen LogP) is 2.66. The molecule has 2 rings (SSSR count). The molecule has 0 bridgehead atoms. The fourth-order valence-corrected chi connectivity index (χ4v) is 3.04. The van der Waals surface area contributed by atoms with Gasteiger partial charge in [0.1, 0.15) is 0 Å². The second-order valence-electron chi connectivity index (χ2n) is 3.69. The van der Waals surface area contributed by atoms with Crippen LogP contribution in [0.4, 0.5) is 0 Å². The molecule has 72 valence electrons. The summed E-state index contributed by atoms with van der Waals surface area (Å²) in [6.45, 7) is 2.12. The van der Waals surface area contributed by atoms with Crippen molar-refractivity contribution in [1.29, 1.82) is 0 Å². The molecule has 1 aliphatic rings. The van der Waals surface area contributed by atoms with Crippen LogP contribution >= 0.6 is 11.3 Å². The molecule has 0 saturated heterocycles. The van der Waals surface area contributed by atoms with Gasteiger partial charge >= 0.3 is 4.87 Å². The Balaban J connectivity index is 2.31. The van der Waals surface area contributed by atoms with Crippen molar-refractivity contribution in [1.82, 2.24) is 4.98 Å². The van der Waals surface area contributed by atoms with E-state index in [0.29, 0.717) is 5.92 Å². The van der Waals surface area contributed by atoms with Crippen LogP contribution < -0.4 is 4.87 Å². The van der Waals surface area contributed by atoms with Crippen LogP contribution in [0.1, 0.15) is 49.1 Å². The standard InChI is InChI=1S/C10H15NOS/c1-2-8-9(11-10(12)13-8)7-5-3-4-6-7/h7H,2-6H2,1H3,(H,11,12). The second-order valence-corrected chi connectivity index (χ2v) is 4.75. The SMILES string of the molecule is CCc1sc(=O)[nH]c1C1CCCC1. The zero-order valence-corrected chi connectivity index (χ0v) is 8.75. The van der Waals surface area contributed by atoms with Crippen molar-refractivity contribution in [3.05, 3.63) is 20.2 Å². The van der Waals surface area contributed by atoms with Gasteiger partial charge < -0.3 is 4.98 Å². The molecule has 1 aliphatic carbocycles. The highest BCUT2D eigenvalue weighted by molar-refractivity contribution is 7.09. The van der Waals surface area contributed by atoms with E-state index in [1.54, 1.807) is 0 Å². The summed E-state index contributed by atoms with van der Waals surface area (Å²) in [4.78, 5) is 15.6. The van der Waals surface area contributed by atoms with Crippen LogP contribution in [-0.4, -0.2) is 4.98 Å². The molecular weight excluding hydrogens is 182 g/mol. The Kier molecular flexibility index (Phi) is 2.54. The summed E-state index contributed by atoms with van der Waals surface area (Å²) in [6, 6.07) is 0. The lowest BCUT2D eigenvalue weighted by molar-refractivity contribution is 0.692. The maximum atomic E-state index is 11.2. The van der Waals surface area contributed by atoms with Crippen LogP contribution in [0.5, 0.6) is 0 Å². The van der Waals surface area contributed by atoms with Gasteiger partial charge in [0.15, 0.2) is 0 Å². The molecule has 1 N–H and O–H groups in total. The van der Waals surface area contributed by atoms with Crippen LogP contribution in [0.2, 0.25) is 0 Å². The smallest absolute Gasteiger partial charge is 0.304 e. The molecule has 13 heavy (non-hydrogen) atoms. The molecule has 1 heterocycles. The second kappa shape index (κ2) is 3.66. The quantitative estimate of drug-likeness (QED) is 0.776. The van der Waals surface area contributed by atoms with E-state index in [-0.39, 0.29) is 4.87 Å². The molecule has 1 aromatic rings. The van der Waals surface area contributed by atoms with Gasteiger partial charge in [-0.05, 0) is 19.3 Å². The highest BCUT2D eigenvalue weighted by atomic mass is 32.1. The minimum Gasteiger partial charge on any atom is -0.316 e. The highest BCUT2D eigenvalue weighted by Crippen LogP contribution is 2.35. The Bertz CT molecular complexity index is 333. The molecule has 1 saturated carbocycles. The third-order valence-electron chi connectivity index (χ3n) is 2.84. The molecule has 0 aromatic carbocycles. The van der Waals surface area contributed by atoms with Crippen molar-refractivity contribution >= 4 is 11.3 Å². The zero-order chi connectivity index (χ0) is 9.26. The van der Waals surface area contributed by atoms with Crippen LogP contribution in [0.25, 0.3) is 0 Å². The molecule has 0 radical (unpaired) electrons. The first-order chi connectivity index (χ1) is 6.31. The molecule has 0 amide bonds. The van der Waals surface area contributed by atoms with Gasteiger partial charge in [0.25, 0.3) is 0 Å². The van der Waals surface area contributed by atoms with E-state index >= 15 is 0 Å². The fraction of sp³-hybridized carbons (Fsp3) is 0.700. The molecule has 1 aromatic heterocycles. The van der Waals surface area contributed by atoms with Gasteiger partial charge in [-0.1, -0.05) is 31.1 Å². The van der Waals surface area contributed by atoms with E-state index in [4.69, 9.17) is 0 Å². The molecule has 3 heteroatoms. The average molecular weight is 197 g/mol. The number of rotatable bonds is 2. The number of H-pyrrole nitrogens is 1. The number of hydrogen-bond acceptors (Lipinski definition) is 2. The normalized spacial score (nSPS) is 18.2. The zero-order valence-electron chi connectivity index (χ0n) is 7.93. The lowest BCUT2D eigenvalue weighted by Crippen LogP contribution is -2.00. The van der Waals surface area contributed by atoms with Gasteiger partial charge in [0.05, 0.1) is 0 Å². The summed E-state index contributed by atoms with van der Waals surface area (Å²) >= 11 is 1.39. The fourth-order valence-electron chi connectivity index (χ4n) is 2.18. The third-order valence-corrected chi connectivity index (χ3v) is 3.88. The maximum Gasteiger partial charge on any atom is 0.304 e. The largest absolute Gasteiger partial charge is 0.316 e. The summed E-state index contributed by atoms with van der Waals surface area (Å²) in [5, 5.41) is 0. The molecule has 2 nitrogen and oxygen atoms in total. The lowest BCUT2D eigenvalue weighted by atomic mass is 10.0. The number of hydrogen-bond donors (Lipinski definition) is 1. The topological polar surface area (TPSA) is 32.9 Å². The predicted molar refractivity (Wildman–Crippen MR) is 55.5 cm³/mol. The van der Waals surface area contributed by atoms with Gasteiger partial charge in [-0.2, -0.15) is 0 Å². The monoisotopic (exact) mass is 197 g/mol. The van der Waals surface area contributed by atoms with E-state index in [1.165, 1.54) is 47.6 Å². The first kappa shape index (κ1) is 9.00. The molecule has 1 fully saturated rings. The summed E-state index contributed by atoms with van der Waals surface area (Å²) in [5.74, 6) is 0.647. The van der Waals surface area contributed by atoms with Gasteiger partial charge in [0.2, 0.25) is 0 Å². The molecule has 0 unspecified atom stereocenters. The van der Waals surface area contributed by atoms with Crippen molar-refractivity contribution in [3.8, 4) is 0 Å². The van der Waals surface area contributed by atoms with Gasteiger partial charge in [0, 0.05) is 16.5 Å². The van der Waals surface area contributed by atoms with Crippen LogP contribution in [0.3, 0.4) is 0 Å². The Morgan fingerprint density at radius 3 is 2.77 bits per heavy atom. The summed E-state index contributed by atoms with van der Waals surface area (Å²) in [5.41, 5.74) is 1.25. The number of thiazole rings is 1. The Morgan fingerprint density at radius 1 is 1.46 bits per heavy atom. The average Bonchev–Trinajstić information content (AvgIpc) is 2.71. The Labute approximate surface area is 82.0 Å². The van der Waals surface area contributed by atoms with E-state index in [1.807, 2.05) is 0 Å². The summed E-state index contributed by atoms with van der Waals surface area (Å²) in [6.07, 6.45) is 6.17. The van der Waals surface area contributed by atoms with Gasteiger partial charge in [-0.25, -0.2) is 0 Å². The van der Waals surface area contributed by atoms with Gasteiger partial charge in [-0.3, -0.25) is 4.79 Å². The van der Waals surface area contributed by atoms with Crippen molar-refractivity contribution in [2.75, 3.05) is 0 Å². The van der Waals surface area contributed by atoms with E-state index in [0.717, 1.165) is 6.42 Å². The molecular formula is C10H15NOS. The first-order valence-electron chi connectivity index (χ1n) is 5.03. The van der Waals surface area contributed by atoms with Crippen LogP contribution in [0, 0.1) is 0 Å². The highest BCUT2D eigenvalue weighted by Gasteiger charge is 2.21. The van der Waals surface area contributed by atoms with E-state index in [2.05, 4.69) is 11.9 Å². The van der Waals surface area contributed by atoms with Crippen LogP contribution in [0.15, 0.2) is 4.79 Å². The Hall–Kier alpha value is -0.570. The van der Waals surface area contributed by atoms with Crippen molar-refractivity contribution < 1.29 is 0 Å². The lowest BCUT2D eigenvalue weighted by Gasteiger charge is -2.07. The molecule has 0 aliphatic heterocycles. The summed E-state index contributed by atoms with van der Waals surface area (Å²) < 4.78 is 0. The van der Waals surface area contributed by atoms with Crippen molar-refractivity contribution in [3.63, 3.8) is 0 Å². The van der Waals surface area contributed by atoms with E-state index < -0.39 is 0 Å². The van der Waals surface area contributed by atoms with Crippen LogP contribution in [-0.2, 0) is 6.42 Å². The van der Waals surface area contributed by atoms with E-state index in [9.17, 15) is 4.79 Å². The minimum atomic E-state index is 0.124. The molecule has 0 spiro atoms. The Morgan fingerprint density at radius 2 is 2.15 bits per heavy atom. The number of nitrogens with one attached hydrogen (secondary N) is 1. The maximum absolute atomic E-state index is 11.2. The minimum absolute atomic E-state index is 0.124. The molecule has 0 atom stereocenters. The third kappa shape index (κ3) is 1.70. The first-order valence-corrected chi connectivity index (χ1v) is 5.84. The van der Waals surface area contributed by atoms with Gasteiger partial charge in [-0.15, -0.1) is 0 Å². The van der Waals surface area contributed by atoms with Crippen molar-refractivity contribution in [2.45, 2.75) is 44.9 Å². The number of aromatic nitrogens is 1. The number of aromatic amines is 1.